The van der Waals surface area contributed by atoms with Gasteiger partial charge >= 0.3 is 0 Å². The van der Waals surface area contributed by atoms with Crippen molar-refractivity contribution in [3.8, 4) is 17.2 Å². The summed E-state index contributed by atoms with van der Waals surface area (Å²) < 4.78 is 12.8. The van der Waals surface area contributed by atoms with Gasteiger partial charge in [0.05, 0.1) is 16.9 Å². The highest BCUT2D eigenvalue weighted by atomic mass is 16.6. The van der Waals surface area contributed by atoms with Gasteiger partial charge in [0.1, 0.15) is 18.7 Å². The number of nitrogen functional groups attached to an aromatic ring is 1. The Morgan fingerprint density at radius 3 is 2.65 bits per heavy atom. The molecule has 2 N–H and O–H groups in total. The van der Waals surface area contributed by atoms with Crippen molar-refractivity contribution >= 4 is 16.7 Å². The second kappa shape index (κ2) is 4.12. The molecule has 0 saturated heterocycles. The Hall–Kier alpha value is -2.76. The Morgan fingerprint density at radius 2 is 1.80 bits per heavy atom. The van der Waals surface area contributed by atoms with Crippen LogP contribution in [0.5, 0.6) is 11.5 Å². The van der Waals surface area contributed by atoms with Gasteiger partial charge in [-0.2, -0.15) is 0 Å². The van der Waals surface area contributed by atoms with Crippen LogP contribution in [0.1, 0.15) is 0 Å². The molecule has 6 heteroatoms. The van der Waals surface area contributed by atoms with Crippen molar-refractivity contribution in [1.29, 1.82) is 0 Å². The van der Waals surface area contributed by atoms with Gasteiger partial charge in [-0.15, -0.1) is 5.10 Å². The van der Waals surface area contributed by atoms with E-state index in [1.165, 1.54) is 0 Å². The monoisotopic (exact) mass is 268 g/mol. The first-order valence-electron chi connectivity index (χ1n) is 6.33. The largest absolute Gasteiger partial charge is 0.486 e. The Bertz CT molecular complexity index is 797. The summed E-state index contributed by atoms with van der Waals surface area (Å²) in [6.07, 6.45) is 0. The maximum Gasteiger partial charge on any atom is 0.163 e. The lowest BCUT2D eigenvalue weighted by molar-refractivity contribution is 0.171. The summed E-state index contributed by atoms with van der Waals surface area (Å²) in [5.74, 6) is 1.35. The molecule has 3 aromatic rings. The minimum absolute atomic E-state index is 0.536. The minimum atomic E-state index is 0.536. The maximum atomic E-state index is 6.10. The summed E-state index contributed by atoms with van der Waals surface area (Å²) in [5, 5.41) is 8.30. The summed E-state index contributed by atoms with van der Waals surface area (Å²) in [6, 6.07) is 11.3. The fourth-order valence-corrected chi connectivity index (χ4v) is 2.32. The van der Waals surface area contributed by atoms with E-state index in [9.17, 15) is 0 Å². The summed E-state index contributed by atoms with van der Waals surface area (Å²) in [6.45, 7) is 1.08. The third kappa shape index (κ3) is 1.58. The van der Waals surface area contributed by atoms with Gasteiger partial charge in [0, 0.05) is 12.1 Å². The summed E-state index contributed by atoms with van der Waals surface area (Å²) in [5.41, 5.74) is 9.14. The van der Waals surface area contributed by atoms with E-state index in [1.807, 2.05) is 30.3 Å². The highest BCUT2D eigenvalue weighted by Crippen LogP contribution is 2.36. The minimum Gasteiger partial charge on any atom is -0.486 e. The van der Waals surface area contributed by atoms with Crippen LogP contribution < -0.4 is 15.2 Å². The van der Waals surface area contributed by atoms with Gasteiger partial charge in [-0.25, -0.2) is 4.68 Å². The van der Waals surface area contributed by atoms with Gasteiger partial charge in [-0.1, -0.05) is 17.3 Å². The lowest BCUT2D eigenvalue weighted by Gasteiger charge is -2.20. The van der Waals surface area contributed by atoms with Crippen LogP contribution in [-0.4, -0.2) is 28.2 Å². The number of benzene rings is 2. The number of rotatable bonds is 1. The zero-order chi connectivity index (χ0) is 13.5. The third-order valence-corrected chi connectivity index (χ3v) is 3.27. The zero-order valence-electron chi connectivity index (χ0n) is 10.6. The summed E-state index contributed by atoms with van der Waals surface area (Å²) >= 11 is 0. The molecule has 100 valence electrons. The number of nitrogens with two attached hydrogens (primary N) is 1. The number of anilines is 1. The lowest BCUT2D eigenvalue weighted by Crippen LogP contribution is -2.16. The van der Waals surface area contributed by atoms with Crippen LogP contribution in [0.2, 0.25) is 0 Å². The summed E-state index contributed by atoms with van der Waals surface area (Å²) in [4.78, 5) is 0. The topological polar surface area (TPSA) is 75.2 Å². The van der Waals surface area contributed by atoms with Gasteiger partial charge in [-0.05, 0) is 12.1 Å². The lowest BCUT2D eigenvalue weighted by atomic mass is 10.2. The van der Waals surface area contributed by atoms with Gasteiger partial charge in [0.15, 0.2) is 11.5 Å². The van der Waals surface area contributed by atoms with Crippen LogP contribution in [0.3, 0.4) is 0 Å². The number of hydrogen-bond acceptors (Lipinski definition) is 5. The van der Waals surface area contributed by atoms with E-state index < -0.39 is 0 Å². The van der Waals surface area contributed by atoms with E-state index in [0.717, 1.165) is 16.7 Å². The van der Waals surface area contributed by atoms with Crippen molar-refractivity contribution < 1.29 is 9.47 Å². The molecule has 4 rings (SSSR count). The second-order valence-electron chi connectivity index (χ2n) is 4.54. The molecule has 0 atom stereocenters. The van der Waals surface area contributed by atoms with E-state index in [1.54, 1.807) is 10.7 Å². The van der Waals surface area contributed by atoms with Gasteiger partial charge in [0.2, 0.25) is 0 Å². The Morgan fingerprint density at radius 1 is 1.05 bits per heavy atom. The van der Waals surface area contributed by atoms with Crippen LogP contribution >= 0.6 is 0 Å². The molecule has 6 nitrogen and oxygen atoms in total. The number of aromatic nitrogens is 3. The van der Waals surface area contributed by atoms with Crippen molar-refractivity contribution in [2.24, 2.45) is 0 Å². The third-order valence-electron chi connectivity index (χ3n) is 3.27. The Balaban J connectivity index is 1.93. The van der Waals surface area contributed by atoms with E-state index in [-0.39, 0.29) is 0 Å². The molecule has 0 spiro atoms. The van der Waals surface area contributed by atoms with Gasteiger partial charge < -0.3 is 15.2 Å². The highest BCUT2D eigenvalue weighted by Gasteiger charge is 2.17. The van der Waals surface area contributed by atoms with Crippen LogP contribution in [0.4, 0.5) is 5.69 Å². The molecule has 1 aromatic heterocycles. The second-order valence-corrected chi connectivity index (χ2v) is 4.54. The normalized spacial score (nSPS) is 13.6. The quantitative estimate of drug-likeness (QED) is 0.681. The molecule has 20 heavy (non-hydrogen) atoms. The van der Waals surface area contributed by atoms with Gasteiger partial charge in [-0.3, -0.25) is 0 Å². The molecule has 0 amide bonds. The highest BCUT2D eigenvalue weighted by molar-refractivity contribution is 5.78. The first kappa shape index (κ1) is 11.1. The van der Waals surface area contributed by atoms with Crippen molar-refractivity contribution in [2.75, 3.05) is 18.9 Å². The molecule has 0 bridgehead atoms. The molecule has 0 aliphatic carbocycles. The predicted octanol–water partition coefficient (Wildman–Crippen LogP) is 1.77. The molecule has 0 unspecified atom stereocenters. The van der Waals surface area contributed by atoms with Crippen LogP contribution in [0.15, 0.2) is 36.4 Å². The first-order valence-corrected chi connectivity index (χ1v) is 6.33. The molecule has 0 fully saturated rings. The average molecular weight is 268 g/mol. The zero-order valence-corrected chi connectivity index (χ0v) is 10.6. The van der Waals surface area contributed by atoms with Crippen LogP contribution in [0.25, 0.3) is 16.7 Å². The Labute approximate surface area is 114 Å². The number of nitrogens with zero attached hydrogens (tertiary/aromatic N) is 3. The fraction of sp³-hybridized carbons (Fsp3) is 0.143. The molecular formula is C14H12N4O2. The van der Waals surface area contributed by atoms with E-state index in [2.05, 4.69) is 10.3 Å². The fourth-order valence-electron chi connectivity index (χ4n) is 2.32. The average Bonchev–Trinajstić information content (AvgIpc) is 2.90. The van der Waals surface area contributed by atoms with E-state index in [4.69, 9.17) is 15.2 Å². The van der Waals surface area contributed by atoms with Gasteiger partial charge in [0.25, 0.3) is 0 Å². The molecular weight excluding hydrogens is 256 g/mol. The maximum absolute atomic E-state index is 6.10. The van der Waals surface area contributed by atoms with Crippen molar-refractivity contribution in [3.05, 3.63) is 36.4 Å². The SMILES string of the molecule is Nc1cc2c(cc1-n1nnc3ccccc31)OCCO2. The molecule has 0 saturated carbocycles. The standard InChI is InChI=1S/C14H12N4O2/c15-9-7-13-14(20-6-5-19-13)8-12(9)18-11-4-2-1-3-10(11)16-17-18/h1-4,7-8H,5-6,15H2. The number of ether oxygens (including phenoxy) is 2. The molecule has 0 radical (unpaired) electrons. The van der Waals surface area contributed by atoms with Crippen molar-refractivity contribution in [2.45, 2.75) is 0 Å². The Kier molecular flexibility index (Phi) is 2.29. The smallest absolute Gasteiger partial charge is 0.163 e. The van der Waals surface area contributed by atoms with E-state index in [0.29, 0.717) is 30.4 Å². The van der Waals surface area contributed by atoms with Crippen molar-refractivity contribution in [3.63, 3.8) is 0 Å². The number of fused-ring (bicyclic) bond motifs is 2. The molecule has 1 aliphatic heterocycles. The van der Waals surface area contributed by atoms with Crippen LogP contribution in [0, 0.1) is 0 Å². The number of para-hydroxylation sites is 1. The van der Waals surface area contributed by atoms with Crippen molar-refractivity contribution in [1.82, 2.24) is 15.0 Å². The predicted molar refractivity (Wildman–Crippen MR) is 74.3 cm³/mol. The number of hydrogen-bond donors (Lipinski definition) is 1. The summed E-state index contributed by atoms with van der Waals surface area (Å²) in [7, 11) is 0. The molecule has 1 aliphatic rings. The first-order chi connectivity index (χ1) is 9.83. The molecule has 2 aromatic carbocycles. The molecule has 2 heterocycles. The van der Waals surface area contributed by atoms with E-state index >= 15 is 0 Å². The van der Waals surface area contributed by atoms with Crippen LogP contribution in [-0.2, 0) is 0 Å².